The van der Waals surface area contributed by atoms with Crippen LogP contribution in [-0.2, 0) is 4.79 Å². The van der Waals surface area contributed by atoms with Gasteiger partial charge in [-0.25, -0.2) is 0 Å². The average molecular weight is 304 g/mol. The molecule has 1 amide bonds. The highest BCUT2D eigenvalue weighted by atomic mass is 16.7. The largest absolute Gasteiger partial charge is 0.454 e. The molecule has 22 heavy (non-hydrogen) atoms. The van der Waals surface area contributed by atoms with Crippen LogP contribution in [0.4, 0.5) is 5.69 Å². The van der Waals surface area contributed by atoms with Crippen molar-refractivity contribution in [1.29, 1.82) is 0 Å². The van der Waals surface area contributed by atoms with Crippen molar-refractivity contribution in [2.24, 2.45) is 11.8 Å². The van der Waals surface area contributed by atoms with E-state index in [1.54, 1.807) is 0 Å². The Morgan fingerprint density at radius 2 is 1.95 bits per heavy atom. The molecule has 1 fully saturated rings. The van der Waals surface area contributed by atoms with Crippen LogP contribution < -0.4 is 14.8 Å². The third-order valence-corrected chi connectivity index (χ3v) is 4.26. The minimum Gasteiger partial charge on any atom is -0.454 e. The van der Waals surface area contributed by atoms with Gasteiger partial charge in [0.15, 0.2) is 11.5 Å². The van der Waals surface area contributed by atoms with Crippen molar-refractivity contribution in [3.63, 3.8) is 0 Å². The molecule has 120 valence electrons. The molecule has 2 atom stereocenters. The monoisotopic (exact) mass is 304 g/mol. The first-order chi connectivity index (χ1) is 10.6. The highest BCUT2D eigenvalue weighted by molar-refractivity contribution is 5.91. The van der Waals surface area contributed by atoms with Crippen LogP contribution in [0.25, 0.3) is 0 Å². The van der Waals surface area contributed by atoms with Gasteiger partial charge in [-0.2, -0.15) is 0 Å². The topological polar surface area (TPSA) is 50.8 Å². The van der Waals surface area contributed by atoms with Gasteiger partial charge in [0.05, 0.1) is 0 Å². The van der Waals surface area contributed by atoms with Gasteiger partial charge in [0.2, 0.25) is 12.7 Å². The zero-order chi connectivity index (χ0) is 15.5. The van der Waals surface area contributed by atoms with E-state index in [0.717, 1.165) is 42.9 Å². The summed E-state index contributed by atoms with van der Waals surface area (Å²) in [7, 11) is 0. The molecule has 5 heteroatoms. The number of benzene rings is 1. The van der Waals surface area contributed by atoms with Crippen LogP contribution in [-0.4, -0.2) is 37.2 Å². The zero-order valence-corrected chi connectivity index (χ0v) is 13.3. The molecular formula is C17H24N2O3. The normalized spacial score (nSPS) is 24.3. The highest BCUT2D eigenvalue weighted by Gasteiger charge is 2.22. The third-order valence-electron chi connectivity index (χ3n) is 4.26. The van der Waals surface area contributed by atoms with E-state index in [9.17, 15) is 4.79 Å². The number of ether oxygens (including phenoxy) is 2. The van der Waals surface area contributed by atoms with Crippen LogP contribution in [0.1, 0.15) is 26.7 Å². The smallest absolute Gasteiger partial charge is 0.231 e. The minimum atomic E-state index is 0.0461. The molecule has 2 aliphatic heterocycles. The quantitative estimate of drug-likeness (QED) is 0.929. The number of nitrogens with zero attached hydrogens (tertiary/aromatic N) is 1. The van der Waals surface area contributed by atoms with Crippen LogP contribution >= 0.6 is 0 Å². The van der Waals surface area contributed by atoms with Gasteiger partial charge in [0, 0.05) is 37.8 Å². The number of carbonyl (C=O) groups excluding carboxylic acids is 1. The molecule has 0 saturated carbocycles. The molecule has 3 rings (SSSR count). The Morgan fingerprint density at radius 3 is 2.73 bits per heavy atom. The van der Waals surface area contributed by atoms with E-state index in [0.29, 0.717) is 12.2 Å². The summed E-state index contributed by atoms with van der Waals surface area (Å²) in [5.41, 5.74) is 0.759. The second-order valence-corrected chi connectivity index (χ2v) is 6.57. The molecule has 0 aromatic heterocycles. The summed E-state index contributed by atoms with van der Waals surface area (Å²) in [6.07, 6.45) is 1.81. The average Bonchev–Trinajstić information content (AvgIpc) is 2.92. The lowest BCUT2D eigenvalue weighted by Crippen LogP contribution is -2.40. The first-order valence-electron chi connectivity index (χ1n) is 8.02. The van der Waals surface area contributed by atoms with E-state index in [4.69, 9.17) is 9.47 Å². The van der Waals surface area contributed by atoms with Crippen molar-refractivity contribution in [2.75, 3.05) is 31.7 Å². The molecule has 0 bridgehead atoms. The number of piperidine rings is 1. The second-order valence-electron chi connectivity index (χ2n) is 6.57. The molecule has 0 spiro atoms. The van der Waals surface area contributed by atoms with Crippen LogP contribution in [0.3, 0.4) is 0 Å². The fourth-order valence-electron chi connectivity index (χ4n) is 3.43. The fourth-order valence-corrected chi connectivity index (χ4v) is 3.43. The minimum absolute atomic E-state index is 0.0461. The van der Waals surface area contributed by atoms with E-state index in [1.165, 1.54) is 6.42 Å². The summed E-state index contributed by atoms with van der Waals surface area (Å²) < 4.78 is 10.6. The van der Waals surface area contributed by atoms with Crippen molar-refractivity contribution in [2.45, 2.75) is 26.7 Å². The predicted molar refractivity (Wildman–Crippen MR) is 85.2 cm³/mol. The summed E-state index contributed by atoms with van der Waals surface area (Å²) in [6, 6.07) is 5.48. The standard InChI is InChI=1S/C17H24N2O3/c1-12-7-13(2)10-19(9-12)6-5-17(20)18-14-3-4-15-16(8-14)22-11-21-15/h3-4,8,12-13H,5-7,9-11H2,1-2H3,(H,18,20)/t12-,13+. The zero-order valence-electron chi connectivity index (χ0n) is 13.3. The van der Waals surface area contributed by atoms with E-state index >= 15 is 0 Å². The number of fused-ring (bicyclic) bond motifs is 1. The van der Waals surface area contributed by atoms with Gasteiger partial charge in [-0.1, -0.05) is 13.8 Å². The van der Waals surface area contributed by atoms with Crippen molar-refractivity contribution in [3.8, 4) is 11.5 Å². The summed E-state index contributed by atoms with van der Waals surface area (Å²) in [6.45, 7) is 7.84. The molecular weight excluding hydrogens is 280 g/mol. The van der Waals surface area contributed by atoms with Crippen molar-refractivity contribution in [1.82, 2.24) is 4.90 Å². The number of amides is 1. The maximum absolute atomic E-state index is 12.1. The van der Waals surface area contributed by atoms with Gasteiger partial charge in [0.25, 0.3) is 0 Å². The summed E-state index contributed by atoms with van der Waals surface area (Å²) in [5.74, 6) is 2.91. The Kier molecular flexibility index (Phi) is 4.52. The summed E-state index contributed by atoms with van der Waals surface area (Å²) >= 11 is 0. The molecule has 1 saturated heterocycles. The molecule has 0 unspecified atom stereocenters. The maximum atomic E-state index is 12.1. The van der Waals surface area contributed by atoms with Gasteiger partial charge >= 0.3 is 0 Å². The molecule has 5 nitrogen and oxygen atoms in total. The van der Waals surface area contributed by atoms with E-state index in [2.05, 4.69) is 24.1 Å². The van der Waals surface area contributed by atoms with Crippen LogP contribution in [0.15, 0.2) is 18.2 Å². The fraction of sp³-hybridized carbons (Fsp3) is 0.588. The number of rotatable bonds is 4. The lowest BCUT2D eigenvalue weighted by atomic mass is 9.92. The van der Waals surface area contributed by atoms with E-state index in [-0.39, 0.29) is 12.7 Å². The third kappa shape index (κ3) is 3.71. The number of hydrogen-bond donors (Lipinski definition) is 1. The number of anilines is 1. The summed E-state index contributed by atoms with van der Waals surface area (Å²) in [4.78, 5) is 14.5. The van der Waals surface area contributed by atoms with Gasteiger partial charge in [-0.15, -0.1) is 0 Å². The molecule has 0 aliphatic carbocycles. The van der Waals surface area contributed by atoms with E-state index < -0.39 is 0 Å². The Morgan fingerprint density at radius 1 is 1.23 bits per heavy atom. The first-order valence-corrected chi connectivity index (χ1v) is 8.02. The number of likely N-dealkylation sites (tertiary alicyclic amines) is 1. The number of carbonyl (C=O) groups is 1. The molecule has 0 radical (unpaired) electrons. The second kappa shape index (κ2) is 6.57. The Hall–Kier alpha value is -1.75. The summed E-state index contributed by atoms with van der Waals surface area (Å²) in [5, 5.41) is 2.93. The molecule has 2 aliphatic rings. The SMILES string of the molecule is C[C@@H]1C[C@H](C)CN(CCC(=O)Nc2ccc3c(c2)OCO3)C1. The maximum Gasteiger partial charge on any atom is 0.231 e. The number of hydrogen-bond acceptors (Lipinski definition) is 4. The molecule has 1 N–H and O–H groups in total. The first kappa shape index (κ1) is 15.2. The van der Waals surface area contributed by atoms with Gasteiger partial charge < -0.3 is 19.7 Å². The van der Waals surface area contributed by atoms with Gasteiger partial charge in [0.1, 0.15) is 0 Å². The number of nitrogens with one attached hydrogen (secondary N) is 1. The lowest BCUT2D eigenvalue weighted by molar-refractivity contribution is -0.116. The van der Waals surface area contributed by atoms with Gasteiger partial charge in [-0.3, -0.25) is 4.79 Å². The van der Waals surface area contributed by atoms with Crippen LogP contribution in [0.5, 0.6) is 11.5 Å². The Labute approximate surface area is 131 Å². The van der Waals surface area contributed by atoms with Crippen LogP contribution in [0, 0.1) is 11.8 Å². The Balaban J connectivity index is 1.48. The van der Waals surface area contributed by atoms with Crippen molar-refractivity contribution >= 4 is 11.6 Å². The van der Waals surface area contributed by atoms with E-state index in [1.807, 2.05) is 18.2 Å². The molecule has 2 heterocycles. The van der Waals surface area contributed by atoms with Gasteiger partial charge in [-0.05, 0) is 30.4 Å². The van der Waals surface area contributed by atoms with Crippen LogP contribution in [0.2, 0.25) is 0 Å². The molecule has 1 aromatic rings. The van der Waals surface area contributed by atoms with Crippen molar-refractivity contribution < 1.29 is 14.3 Å². The predicted octanol–water partition coefficient (Wildman–Crippen LogP) is 2.72. The lowest BCUT2D eigenvalue weighted by Gasteiger charge is -2.34. The molecule has 1 aromatic carbocycles. The Bertz CT molecular complexity index is 537. The highest BCUT2D eigenvalue weighted by Crippen LogP contribution is 2.34. The van der Waals surface area contributed by atoms with Crippen molar-refractivity contribution in [3.05, 3.63) is 18.2 Å².